The second-order valence-electron chi connectivity index (χ2n) is 4.06. The van der Waals surface area contributed by atoms with Crippen molar-refractivity contribution in [2.45, 2.75) is 19.3 Å². The minimum atomic E-state index is -0.243. The number of methoxy groups -OCH3 is 2. The molecule has 0 aliphatic carbocycles. The summed E-state index contributed by atoms with van der Waals surface area (Å²) in [5, 5.41) is 0. The summed E-state index contributed by atoms with van der Waals surface area (Å²) < 4.78 is 15.4. The zero-order valence-electron chi connectivity index (χ0n) is 11.6. The summed E-state index contributed by atoms with van der Waals surface area (Å²) in [4.78, 5) is 11.5. The predicted octanol–water partition coefficient (Wildman–Crippen LogP) is 1.70. The Labute approximate surface area is 113 Å². The van der Waals surface area contributed by atoms with Gasteiger partial charge in [-0.25, -0.2) is 0 Å². The first-order valence-corrected chi connectivity index (χ1v) is 6.23. The van der Waals surface area contributed by atoms with Crippen molar-refractivity contribution in [3.05, 3.63) is 23.8 Å². The van der Waals surface area contributed by atoms with Crippen LogP contribution >= 0.6 is 0 Å². The number of benzene rings is 1. The van der Waals surface area contributed by atoms with Gasteiger partial charge in [0, 0.05) is 5.92 Å². The first-order chi connectivity index (χ1) is 9.15. The lowest BCUT2D eigenvalue weighted by molar-refractivity contribution is -0.143. The van der Waals surface area contributed by atoms with E-state index in [9.17, 15) is 4.79 Å². The zero-order valence-corrected chi connectivity index (χ0v) is 11.6. The van der Waals surface area contributed by atoms with Crippen LogP contribution in [0.5, 0.6) is 11.5 Å². The molecule has 1 unspecified atom stereocenters. The van der Waals surface area contributed by atoms with Crippen molar-refractivity contribution in [1.82, 2.24) is 0 Å². The quantitative estimate of drug-likeness (QED) is 0.761. The maximum atomic E-state index is 11.5. The summed E-state index contributed by atoms with van der Waals surface area (Å²) in [7, 11) is 3.15. The fourth-order valence-electron chi connectivity index (χ4n) is 1.87. The van der Waals surface area contributed by atoms with Crippen molar-refractivity contribution < 1.29 is 19.0 Å². The van der Waals surface area contributed by atoms with Crippen molar-refractivity contribution in [2.75, 3.05) is 27.4 Å². The van der Waals surface area contributed by atoms with Crippen molar-refractivity contribution in [2.24, 2.45) is 5.73 Å². The van der Waals surface area contributed by atoms with E-state index in [2.05, 4.69) is 0 Å². The SMILES string of the molecule is CCOC(=O)CC(CN)c1ccc(OC)c(OC)c1. The smallest absolute Gasteiger partial charge is 0.306 e. The lowest BCUT2D eigenvalue weighted by Crippen LogP contribution is -2.18. The Morgan fingerprint density at radius 1 is 1.26 bits per heavy atom. The number of rotatable bonds is 7. The van der Waals surface area contributed by atoms with Crippen LogP contribution < -0.4 is 15.2 Å². The maximum absolute atomic E-state index is 11.5. The van der Waals surface area contributed by atoms with Crippen LogP contribution in [0.2, 0.25) is 0 Å². The van der Waals surface area contributed by atoms with E-state index in [1.807, 2.05) is 18.2 Å². The molecule has 1 rings (SSSR count). The third-order valence-electron chi connectivity index (χ3n) is 2.88. The minimum Gasteiger partial charge on any atom is -0.493 e. The molecule has 5 nitrogen and oxygen atoms in total. The van der Waals surface area contributed by atoms with E-state index < -0.39 is 0 Å². The lowest BCUT2D eigenvalue weighted by Gasteiger charge is -2.16. The molecule has 0 bridgehead atoms. The van der Waals surface area contributed by atoms with Crippen LogP contribution in [0, 0.1) is 0 Å². The highest BCUT2D eigenvalue weighted by atomic mass is 16.5. The first kappa shape index (κ1) is 15.3. The summed E-state index contributed by atoms with van der Waals surface area (Å²) in [5.74, 6) is 0.951. The number of nitrogens with two attached hydrogens (primary N) is 1. The molecule has 106 valence electrons. The molecule has 0 spiro atoms. The number of carbonyl (C=O) groups excluding carboxylic acids is 1. The molecule has 0 aliphatic rings. The molecular weight excluding hydrogens is 246 g/mol. The van der Waals surface area contributed by atoms with E-state index in [-0.39, 0.29) is 18.3 Å². The molecule has 19 heavy (non-hydrogen) atoms. The Balaban J connectivity index is 2.89. The molecule has 1 aromatic carbocycles. The molecule has 0 heterocycles. The number of hydrogen-bond acceptors (Lipinski definition) is 5. The highest BCUT2D eigenvalue weighted by Gasteiger charge is 2.17. The van der Waals surface area contributed by atoms with Crippen LogP contribution in [0.3, 0.4) is 0 Å². The molecule has 2 N–H and O–H groups in total. The highest BCUT2D eigenvalue weighted by molar-refractivity contribution is 5.70. The predicted molar refractivity (Wildman–Crippen MR) is 72.6 cm³/mol. The number of esters is 1. The first-order valence-electron chi connectivity index (χ1n) is 6.23. The highest BCUT2D eigenvalue weighted by Crippen LogP contribution is 2.31. The van der Waals surface area contributed by atoms with Gasteiger partial charge in [0.05, 0.1) is 27.2 Å². The molecule has 5 heteroatoms. The van der Waals surface area contributed by atoms with Gasteiger partial charge in [0.2, 0.25) is 0 Å². The van der Waals surface area contributed by atoms with Crippen molar-refractivity contribution in [1.29, 1.82) is 0 Å². The lowest BCUT2D eigenvalue weighted by atomic mass is 9.95. The standard InChI is InChI=1S/C14H21NO4/c1-4-19-14(16)8-11(9-15)10-5-6-12(17-2)13(7-10)18-3/h5-7,11H,4,8-9,15H2,1-3H3. The van der Waals surface area contributed by atoms with Gasteiger partial charge in [-0.3, -0.25) is 4.79 Å². The maximum Gasteiger partial charge on any atom is 0.306 e. The molecule has 0 saturated heterocycles. The monoisotopic (exact) mass is 267 g/mol. The molecule has 1 atom stereocenters. The number of ether oxygens (including phenoxy) is 3. The summed E-state index contributed by atoms with van der Waals surface area (Å²) in [5.41, 5.74) is 6.67. The molecule has 0 radical (unpaired) electrons. The van der Waals surface area contributed by atoms with Gasteiger partial charge in [0.1, 0.15) is 0 Å². The third kappa shape index (κ3) is 4.13. The van der Waals surface area contributed by atoms with E-state index in [0.717, 1.165) is 5.56 Å². The Kier molecular flexibility index (Phi) is 6.15. The Bertz CT molecular complexity index is 420. The van der Waals surface area contributed by atoms with E-state index in [0.29, 0.717) is 24.7 Å². The van der Waals surface area contributed by atoms with Crippen LogP contribution in [-0.4, -0.2) is 33.3 Å². The summed E-state index contributed by atoms with van der Waals surface area (Å²) in [6.45, 7) is 2.53. The normalized spacial score (nSPS) is 11.8. The number of carbonyl (C=O) groups is 1. The van der Waals surface area contributed by atoms with Gasteiger partial charge in [0.15, 0.2) is 11.5 Å². The van der Waals surface area contributed by atoms with E-state index in [4.69, 9.17) is 19.9 Å². The van der Waals surface area contributed by atoms with Crippen molar-refractivity contribution in [3.8, 4) is 11.5 Å². The molecule has 0 fully saturated rings. The molecule has 1 aromatic rings. The van der Waals surface area contributed by atoms with Gasteiger partial charge < -0.3 is 19.9 Å². The summed E-state index contributed by atoms with van der Waals surface area (Å²) >= 11 is 0. The second kappa shape index (κ2) is 7.63. The molecule has 0 saturated carbocycles. The van der Waals surface area contributed by atoms with Gasteiger partial charge in [-0.15, -0.1) is 0 Å². The Hall–Kier alpha value is -1.75. The van der Waals surface area contributed by atoms with Gasteiger partial charge in [-0.1, -0.05) is 6.07 Å². The van der Waals surface area contributed by atoms with Crippen LogP contribution in [0.1, 0.15) is 24.8 Å². The van der Waals surface area contributed by atoms with Gasteiger partial charge in [-0.05, 0) is 31.2 Å². The van der Waals surface area contributed by atoms with Gasteiger partial charge in [-0.2, -0.15) is 0 Å². The third-order valence-corrected chi connectivity index (χ3v) is 2.88. The largest absolute Gasteiger partial charge is 0.493 e. The van der Waals surface area contributed by atoms with E-state index >= 15 is 0 Å². The summed E-state index contributed by atoms with van der Waals surface area (Å²) in [6.07, 6.45) is 0.264. The average Bonchev–Trinajstić information content (AvgIpc) is 2.44. The Morgan fingerprint density at radius 2 is 1.95 bits per heavy atom. The zero-order chi connectivity index (χ0) is 14.3. The number of hydrogen-bond donors (Lipinski definition) is 1. The van der Waals surface area contributed by atoms with Gasteiger partial charge >= 0.3 is 5.97 Å². The minimum absolute atomic E-state index is 0.0844. The van der Waals surface area contributed by atoms with E-state index in [1.165, 1.54) is 0 Å². The van der Waals surface area contributed by atoms with Crippen molar-refractivity contribution in [3.63, 3.8) is 0 Å². The van der Waals surface area contributed by atoms with Crippen LogP contribution in [0.4, 0.5) is 0 Å². The fraction of sp³-hybridized carbons (Fsp3) is 0.500. The topological polar surface area (TPSA) is 70.8 Å². The van der Waals surface area contributed by atoms with E-state index in [1.54, 1.807) is 21.1 Å². The van der Waals surface area contributed by atoms with Crippen LogP contribution in [0.25, 0.3) is 0 Å². The van der Waals surface area contributed by atoms with Crippen molar-refractivity contribution >= 4 is 5.97 Å². The molecule has 0 aliphatic heterocycles. The second-order valence-corrected chi connectivity index (χ2v) is 4.06. The molecular formula is C14H21NO4. The van der Waals surface area contributed by atoms with Crippen LogP contribution in [0.15, 0.2) is 18.2 Å². The van der Waals surface area contributed by atoms with Gasteiger partial charge in [0.25, 0.3) is 0 Å². The molecule has 0 aromatic heterocycles. The Morgan fingerprint density at radius 3 is 2.47 bits per heavy atom. The summed E-state index contributed by atoms with van der Waals surface area (Å²) in [6, 6.07) is 5.54. The average molecular weight is 267 g/mol. The van der Waals surface area contributed by atoms with Crippen LogP contribution in [-0.2, 0) is 9.53 Å². The fourth-order valence-corrected chi connectivity index (χ4v) is 1.87. The molecule has 0 amide bonds.